The zero-order chi connectivity index (χ0) is 16.6. The molecule has 1 amide bonds. The molecule has 126 valence electrons. The number of benzene rings is 1. The number of amides is 1. The third kappa shape index (κ3) is 3.42. The second-order valence-electron chi connectivity index (χ2n) is 6.10. The molecule has 1 heterocycles. The Morgan fingerprint density at radius 1 is 1.13 bits per heavy atom. The van der Waals surface area contributed by atoms with Crippen LogP contribution in [0.2, 0.25) is 5.02 Å². The Bertz CT molecular complexity index is 593. The van der Waals surface area contributed by atoms with Gasteiger partial charge in [0.25, 0.3) is 0 Å². The molecule has 1 aromatic rings. The molecule has 0 atom stereocenters. The summed E-state index contributed by atoms with van der Waals surface area (Å²) in [5.74, 6) is 0.283. The van der Waals surface area contributed by atoms with Gasteiger partial charge in [-0.15, -0.1) is 0 Å². The van der Waals surface area contributed by atoms with Gasteiger partial charge in [0.1, 0.15) is 0 Å². The lowest BCUT2D eigenvalue weighted by molar-refractivity contribution is -0.139. The molecule has 23 heavy (non-hydrogen) atoms. The quantitative estimate of drug-likeness (QED) is 0.813. The van der Waals surface area contributed by atoms with Crippen LogP contribution in [0.4, 0.5) is 18.9 Å². The van der Waals surface area contributed by atoms with E-state index in [0.29, 0.717) is 26.2 Å². The number of alkyl halides is 3. The fraction of sp³-hybridized carbons (Fsp3) is 0.562. The number of carbonyl (C=O) groups excluding carboxylic acids is 1. The van der Waals surface area contributed by atoms with Crippen molar-refractivity contribution >= 4 is 23.2 Å². The molecular weight excluding hydrogens is 329 g/mol. The number of hydrogen-bond acceptors (Lipinski definition) is 2. The summed E-state index contributed by atoms with van der Waals surface area (Å²) in [6.07, 6.45) is -1.47. The minimum atomic E-state index is -4.45. The zero-order valence-corrected chi connectivity index (χ0v) is 13.3. The Morgan fingerprint density at radius 3 is 2.30 bits per heavy atom. The first-order valence-corrected chi connectivity index (χ1v) is 8.14. The van der Waals surface area contributed by atoms with Crippen LogP contribution in [-0.2, 0) is 11.0 Å². The van der Waals surface area contributed by atoms with Gasteiger partial charge in [0.05, 0.1) is 5.56 Å². The highest BCUT2D eigenvalue weighted by Gasteiger charge is 2.37. The normalized spacial score (nSPS) is 19.7. The maximum Gasteiger partial charge on any atom is 0.418 e. The van der Waals surface area contributed by atoms with E-state index < -0.39 is 11.7 Å². The molecule has 2 fully saturated rings. The lowest BCUT2D eigenvalue weighted by atomic mass is 9.84. The molecule has 1 saturated carbocycles. The molecule has 1 aromatic carbocycles. The summed E-state index contributed by atoms with van der Waals surface area (Å²) in [6.45, 7) is 1.75. The van der Waals surface area contributed by atoms with Crippen molar-refractivity contribution in [2.75, 3.05) is 31.1 Å². The molecule has 3 nitrogen and oxygen atoms in total. The predicted octanol–water partition coefficient (Wildman–Crippen LogP) is 3.81. The van der Waals surface area contributed by atoms with Crippen LogP contribution in [0.25, 0.3) is 0 Å². The third-order valence-electron chi connectivity index (χ3n) is 4.65. The fourth-order valence-electron chi connectivity index (χ4n) is 3.09. The van der Waals surface area contributed by atoms with E-state index >= 15 is 0 Å². The number of rotatable bonds is 2. The molecule has 1 aliphatic carbocycles. The summed E-state index contributed by atoms with van der Waals surface area (Å²) in [6, 6.07) is 3.84. The van der Waals surface area contributed by atoms with Crippen LogP contribution < -0.4 is 4.90 Å². The molecule has 1 aliphatic heterocycles. The summed E-state index contributed by atoms with van der Waals surface area (Å²) in [4.78, 5) is 15.7. The SMILES string of the molecule is O=C(C1CCC1)N1CCN(c2ccc(Cl)cc2C(F)(F)F)CC1. The standard InChI is InChI=1S/C16H18ClF3N2O/c17-12-4-5-14(13(10-12)16(18,19)20)21-6-8-22(9-7-21)15(23)11-2-1-3-11/h4-5,10-11H,1-3,6-9H2. The second kappa shape index (κ2) is 6.23. The summed E-state index contributed by atoms with van der Waals surface area (Å²) in [7, 11) is 0. The van der Waals surface area contributed by atoms with Crippen LogP contribution in [-0.4, -0.2) is 37.0 Å². The molecule has 3 rings (SSSR count). The van der Waals surface area contributed by atoms with E-state index in [-0.39, 0.29) is 22.5 Å². The number of piperazine rings is 1. The Kier molecular flexibility index (Phi) is 4.45. The van der Waals surface area contributed by atoms with Crippen molar-refractivity contribution in [3.8, 4) is 0 Å². The van der Waals surface area contributed by atoms with E-state index in [0.717, 1.165) is 25.3 Å². The number of carbonyl (C=O) groups is 1. The van der Waals surface area contributed by atoms with Crippen LogP contribution in [0.15, 0.2) is 18.2 Å². The van der Waals surface area contributed by atoms with Crippen LogP contribution in [0, 0.1) is 5.92 Å². The highest BCUT2D eigenvalue weighted by atomic mass is 35.5. The number of nitrogens with zero attached hydrogens (tertiary/aromatic N) is 2. The van der Waals surface area contributed by atoms with Crippen molar-refractivity contribution < 1.29 is 18.0 Å². The summed E-state index contributed by atoms with van der Waals surface area (Å²) in [5.41, 5.74) is -0.582. The average molecular weight is 347 g/mol. The lowest BCUT2D eigenvalue weighted by Crippen LogP contribution is -2.51. The van der Waals surface area contributed by atoms with Crippen molar-refractivity contribution in [3.05, 3.63) is 28.8 Å². The maximum absolute atomic E-state index is 13.2. The molecule has 0 spiro atoms. The summed E-state index contributed by atoms with van der Waals surface area (Å²) in [5, 5.41) is 0.0693. The van der Waals surface area contributed by atoms with Gasteiger partial charge in [-0.2, -0.15) is 13.2 Å². The molecule has 0 unspecified atom stereocenters. The molecule has 0 aromatic heterocycles. The average Bonchev–Trinajstić information content (AvgIpc) is 2.44. The minimum absolute atomic E-state index is 0.0693. The predicted molar refractivity (Wildman–Crippen MR) is 82.6 cm³/mol. The van der Waals surface area contributed by atoms with Crippen molar-refractivity contribution in [1.29, 1.82) is 0 Å². The van der Waals surface area contributed by atoms with Crippen molar-refractivity contribution in [3.63, 3.8) is 0 Å². The van der Waals surface area contributed by atoms with Crippen LogP contribution in [0.5, 0.6) is 0 Å². The lowest BCUT2D eigenvalue weighted by Gasteiger charge is -2.39. The second-order valence-corrected chi connectivity index (χ2v) is 6.54. The number of halogens is 4. The first-order valence-electron chi connectivity index (χ1n) is 7.77. The number of hydrogen-bond donors (Lipinski definition) is 0. The van der Waals surface area contributed by atoms with E-state index in [1.807, 2.05) is 0 Å². The van der Waals surface area contributed by atoms with Crippen LogP contribution in [0.3, 0.4) is 0 Å². The first-order chi connectivity index (χ1) is 10.9. The topological polar surface area (TPSA) is 23.6 Å². The monoisotopic (exact) mass is 346 g/mol. The van der Waals surface area contributed by atoms with Gasteiger partial charge in [0.2, 0.25) is 5.91 Å². The molecular formula is C16H18ClF3N2O. The van der Waals surface area contributed by atoms with Crippen LogP contribution in [0.1, 0.15) is 24.8 Å². The fourth-order valence-corrected chi connectivity index (χ4v) is 3.26. The highest BCUT2D eigenvalue weighted by Crippen LogP contribution is 2.38. The van der Waals surface area contributed by atoms with Gasteiger partial charge in [0.15, 0.2) is 0 Å². The van der Waals surface area contributed by atoms with Gasteiger partial charge in [-0.3, -0.25) is 4.79 Å². The van der Waals surface area contributed by atoms with Crippen molar-refractivity contribution in [2.45, 2.75) is 25.4 Å². The molecule has 0 bridgehead atoms. The van der Waals surface area contributed by atoms with E-state index in [1.54, 1.807) is 9.80 Å². The van der Waals surface area contributed by atoms with E-state index in [9.17, 15) is 18.0 Å². The van der Waals surface area contributed by atoms with Gasteiger partial charge >= 0.3 is 6.18 Å². The van der Waals surface area contributed by atoms with Gasteiger partial charge in [-0.05, 0) is 31.0 Å². The zero-order valence-electron chi connectivity index (χ0n) is 12.6. The van der Waals surface area contributed by atoms with E-state index in [1.165, 1.54) is 12.1 Å². The van der Waals surface area contributed by atoms with Crippen LogP contribution >= 0.6 is 11.6 Å². The van der Waals surface area contributed by atoms with Gasteiger partial charge in [0, 0.05) is 42.8 Å². The van der Waals surface area contributed by atoms with Gasteiger partial charge in [-0.1, -0.05) is 18.0 Å². The van der Waals surface area contributed by atoms with E-state index in [4.69, 9.17) is 11.6 Å². The molecule has 0 N–H and O–H groups in total. The molecule has 7 heteroatoms. The summed E-state index contributed by atoms with van der Waals surface area (Å²) >= 11 is 5.71. The van der Waals surface area contributed by atoms with Gasteiger partial charge in [-0.25, -0.2) is 0 Å². The minimum Gasteiger partial charge on any atom is -0.367 e. The Morgan fingerprint density at radius 2 is 1.78 bits per heavy atom. The number of anilines is 1. The Labute approximate surface area is 138 Å². The summed E-state index contributed by atoms with van der Waals surface area (Å²) < 4.78 is 39.6. The van der Waals surface area contributed by atoms with Crippen molar-refractivity contribution in [1.82, 2.24) is 4.90 Å². The maximum atomic E-state index is 13.2. The third-order valence-corrected chi connectivity index (χ3v) is 4.89. The first kappa shape index (κ1) is 16.4. The molecule has 0 radical (unpaired) electrons. The van der Waals surface area contributed by atoms with Crippen molar-refractivity contribution in [2.24, 2.45) is 5.92 Å². The smallest absolute Gasteiger partial charge is 0.367 e. The van der Waals surface area contributed by atoms with Gasteiger partial charge < -0.3 is 9.80 Å². The highest BCUT2D eigenvalue weighted by molar-refractivity contribution is 6.30. The molecule has 1 saturated heterocycles. The largest absolute Gasteiger partial charge is 0.418 e. The molecule has 2 aliphatic rings. The Hall–Kier alpha value is -1.43. The van der Waals surface area contributed by atoms with E-state index in [2.05, 4.69) is 0 Å². The Balaban J connectivity index is 1.71.